The SMILES string of the molecule is COC(=O)c1ccc(-n2c(C)cc(/C=C3/C(=O)NC(=O)N(c4ccc(OC)cc4)C3=O)c2C)cc1. The summed E-state index contributed by atoms with van der Waals surface area (Å²) in [5.41, 5.74) is 3.63. The van der Waals surface area contributed by atoms with Gasteiger partial charge in [0.25, 0.3) is 11.8 Å². The fourth-order valence-corrected chi connectivity index (χ4v) is 3.97. The molecule has 0 unspecified atom stereocenters. The minimum Gasteiger partial charge on any atom is -0.497 e. The van der Waals surface area contributed by atoms with Gasteiger partial charge in [-0.1, -0.05) is 0 Å². The number of anilines is 1. The largest absolute Gasteiger partial charge is 0.497 e. The fraction of sp³-hybridized carbons (Fsp3) is 0.154. The molecule has 1 saturated heterocycles. The molecule has 4 rings (SSSR count). The summed E-state index contributed by atoms with van der Waals surface area (Å²) >= 11 is 0. The van der Waals surface area contributed by atoms with Crippen molar-refractivity contribution in [3.05, 3.63) is 82.7 Å². The molecule has 0 aliphatic carbocycles. The van der Waals surface area contributed by atoms with Crippen LogP contribution in [-0.4, -0.2) is 42.6 Å². The highest BCUT2D eigenvalue weighted by molar-refractivity contribution is 6.39. The highest BCUT2D eigenvalue weighted by Gasteiger charge is 2.37. The number of aryl methyl sites for hydroxylation is 1. The predicted molar refractivity (Wildman–Crippen MR) is 129 cm³/mol. The maximum absolute atomic E-state index is 13.2. The van der Waals surface area contributed by atoms with Gasteiger partial charge in [-0.25, -0.2) is 14.5 Å². The van der Waals surface area contributed by atoms with Gasteiger partial charge in [-0.3, -0.25) is 14.9 Å². The number of benzene rings is 2. The number of aromatic nitrogens is 1. The minimum absolute atomic E-state index is 0.165. The van der Waals surface area contributed by atoms with Crippen LogP contribution in [0.5, 0.6) is 5.75 Å². The summed E-state index contributed by atoms with van der Waals surface area (Å²) in [6, 6.07) is 14.3. The summed E-state index contributed by atoms with van der Waals surface area (Å²) in [5.74, 6) is -1.36. The molecule has 0 atom stereocenters. The predicted octanol–water partition coefficient (Wildman–Crippen LogP) is 3.56. The normalized spacial score (nSPS) is 14.8. The molecule has 0 spiro atoms. The first kappa shape index (κ1) is 23.5. The molecule has 35 heavy (non-hydrogen) atoms. The number of amides is 4. The van der Waals surface area contributed by atoms with Gasteiger partial charge in [0.1, 0.15) is 11.3 Å². The second kappa shape index (κ2) is 9.30. The number of methoxy groups -OCH3 is 2. The van der Waals surface area contributed by atoms with Crippen LogP contribution in [0.3, 0.4) is 0 Å². The lowest BCUT2D eigenvalue weighted by molar-refractivity contribution is -0.122. The van der Waals surface area contributed by atoms with E-state index in [2.05, 4.69) is 5.32 Å². The molecule has 2 heterocycles. The van der Waals surface area contributed by atoms with Crippen LogP contribution in [0.1, 0.15) is 27.3 Å². The molecule has 4 amide bonds. The molecule has 0 saturated carbocycles. The van der Waals surface area contributed by atoms with Crippen molar-refractivity contribution in [2.45, 2.75) is 13.8 Å². The van der Waals surface area contributed by atoms with Gasteiger partial charge in [-0.15, -0.1) is 0 Å². The van der Waals surface area contributed by atoms with Gasteiger partial charge in [-0.05, 0) is 80.1 Å². The zero-order valence-electron chi connectivity index (χ0n) is 19.6. The van der Waals surface area contributed by atoms with E-state index in [1.165, 1.54) is 20.3 Å². The van der Waals surface area contributed by atoms with Gasteiger partial charge in [0.05, 0.1) is 25.5 Å². The third-order valence-electron chi connectivity index (χ3n) is 5.75. The molecule has 9 nitrogen and oxygen atoms in total. The van der Waals surface area contributed by atoms with E-state index < -0.39 is 23.8 Å². The monoisotopic (exact) mass is 473 g/mol. The lowest BCUT2D eigenvalue weighted by Gasteiger charge is -2.26. The van der Waals surface area contributed by atoms with Crippen LogP contribution in [0.25, 0.3) is 11.8 Å². The van der Waals surface area contributed by atoms with Crippen molar-refractivity contribution in [1.82, 2.24) is 9.88 Å². The lowest BCUT2D eigenvalue weighted by atomic mass is 10.1. The van der Waals surface area contributed by atoms with Crippen molar-refractivity contribution in [3.8, 4) is 11.4 Å². The van der Waals surface area contributed by atoms with Crippen molar-refractivity contribution in [3.63, 3.8) is 0 Å². The molecule has 1 aliphatic rings. The Balaban J connectivity index is 1.70. The summed E-state index contributed by atoms with van der Waals surface area (Å²) in [5, 5.41) is 2.23. The number of hydrogen-bond acceptors (Lipinski definition) is 6. The minimum atomic E-state index is -0.821. The Morgan fingerprint density at radius 3 is 2.14 bits per heavy atom. The standard InChI is InChI=1S/C26H23N3O6/c1-15-13-18(16(2)28(15)19-7-5-17(6-8-19)25(32)35-4)14-22-23(30)27-26(33)29(24(22)31)20-9-11-21(34-3)12-10-20/h5-14H,1-4H3,(H,27,30,33)/b22-14-. The Bertz CT molecular complexity index is 1370. The van der Waals surface area contributed by atoms with Gasteiger partial charge in [0.15, 0.2) is 0 Å². The molecule has 9 heteroatoms. The summed E-state index contributed by atoms with van der Waals surface area (Å²) in [4.78, 5) is 50.9. The summed E-state index contributed by atoms with van der Waals surface area (Å²) in [7, 11) is 2.83. The van der Waals surface area contributed by atoms with Crippen LogP contribution in [0.15, 0.2) is 60.2 Å². The van der Waals surface area contributed by atoms with E-state index in [-0.39, 0.29) is 5.57 Å². The molecular formula is C26H23N3O6. The summed E-state index contributed by atoms with van der Waals surface area (Å²) in [6.07, 6.45) is 1.47. The number of hydrogen-bond donors (Lipinski definition) is 1. The molecule has 0 radical (unpaired) electrons. The average Bonchev–Trinajstić information content (AvgIpc) is 3.14. The average molecular weight is 473 g/mol. The number of nitrogens with one attached hydrogen (secondary N) is 1. The highest BCUT2D eigenvalue weighted by Crippen LogP contribution is 2.27. The third-order valence-corrected chi connectivity index (χ3v) is 5.75. The van der Waals surface area contributed by atoms with E-state index in [1.807, 2.05) is 24.5 Å². The Labute approximate surface area is 201 Å². The van der Waals surface area contributed by atoms with Crippen LogP contribution in [0.2, 0.25) is 0 Å². The topological polar surface area (TPSA) is 107 Å². The van der Waals surface area contributed by atoms with Crippen LogP contribution in [0.4, 0.5) is 10.5 Å². The van der Waals surface area contributed by atoms with Crippen molar-refractivity contribution in [2.24, 2.45) is 0 Å². The third kappa shape index (κ3) is 4.31. The number of rotatable bonds is 5. The van der Waals surface area contributed by atoms with Crippen LogP contribution in [0, 0.1) is 13.8 Å². The molecule has 1 N–H and O–H groups in total. The molecule has 3 aromatic rings. The number of esters is 1. The molecule has 2 aromatic carbocycles. The van der Waals surface area contributed by atoms with Crippen LogP contribution < -0.4 is 15.0 Å². The number of barbiturate groups is 1. The van der Waals surface area contributed by atoms with Gasteiger partial charge in [0.2, 0.25) is 0 Å². The number of imide groups is 2. The van der Waals surface area contributed by atoms with Gasteiger partial charge in [-0.2, -0.15) is 0 Å². The molecule has 0 bridgehead atoms. The Kier molecular flexibility index (Phi) is 6.24. The number of urea groups is 1. The maximum Gasteiger partial charge on any atom is 0.337 e. The van der Waals surface area contributed by atoms with E-state index in [4.69, 9.17) is 9.47 Å². The number of carbonyl (C=O) groups is 4. The smallest absolute Gasteiger partial charge is 0.337 e. The molecular weight excluding hydrogens is 450 g/mol. The van der Waals surface area contributed by atoms with E-state index in [0.29, 0.717) is 22.6 Å². The highest BCUT2D eigenvalue weighted by atomic mass is 16.5. The second-order valence-electron chi connectivity index (χ2n) is 7.86. The lowest BCUT2D eigenvalue weighted by Crippen LogP contribution is -2.54. The van der Waals surface area contributed by atoms with E-state index in [9.17, 15) is 19.2 Å². The molecule has 1 aliphatic heterocycles. The Hall–Kier alpha value is -4.66. The van der Waals surface area contributed by atoms with E-state index in [0.717, 1.165) is 22.0 Å². The quantitative estimate of drug-likeness (QED) is 0.345. The number of ether oxygens (including phenoxy) is 2. The summed E-state index contributed by atoms with van der Waals surface area (Å²) in [6.45, 7) is 3.74. The van der Waals surface area contributed by atoms with Gasteiger partial charge < -0.3 is 14.0 Å². The molecule has 1 aromatic heterocycles. The first-order valence-corrected chi connectivity index (χ1v) is 10.7. The Morgan fingerprint density at radius 2 is 1.54 bits per heavy atom. The number of nitrogens with zero attached hydrogens (tertiary/aromatic N) is 2. The van der Waals surface area contributed by atoms with Crippen molar-refractivity contribution in [1.29, 1.82) is 0 Å². The maximum atomic E-state index is 13.2. The first-order chi connectivity index (χ1) is 16.7. The number of carbonyl (C=O) groups excluding carboxylic acids is 4. The fourth-order valence-electron chi connectivity index (χ4n) is 3.97. The molecule has 178 valence electrons. The van der Waals surface area contributed by atoms with E-state index in [1.54, 1.807) is 48.5 Å². The zero-order chi connectivity index (χ0) is 25.3. The first-order valence-electron chi connectivity index (χ1n) is 10.7. The molecule has 1 fully saturated rings. The zero-order valence-corrected chi connectivity index (χ0v) is 19.6. The van der Waals surface area contributed by atoms with Gasteiger partial charge in [0, 0.05) is 17.1 Å². The van der Waals surface area contributed by atoms with Crippen molar-refractivity contribution >= 4 is 35.6 Å². The Morgan fingerprint density at radius 1 is 0.914 bits per heavy atom. The van der Waals surface area contributed by atoms with Crippen LogP contribution in [-0.2, 0) is 14.3 Å². The van der Waals surface area contributed by atoms with E-state index >= 15 is 0 Å². The van der Waals surface area contributed by atoms with Crippen molar-refractivity contribution < 1.29 is 28.7 Å². The summed E-state index contributed by atoms with van der Waals surface area (Å²) < 4.78 is 11.8. The van der Waals surface area contributed by atoms with Crippen molar-refractivity contribution in [2.75, 3.05) is 19.1 Å². The second-order valence-corrected chi connectivity index (χ2v) is 7.86. The van der Waals surface area contributed by atoms with Gasteiger partial charge >= 0.3 is 12.0 Å². The van der Waals surface area contributed by atoms with Crippen LogP contribution >= 0.6 is 0 Å².